The van der Waals surface area contributed by atoms with Crippen LogP contribution in [0.1, 0.15) is 173 Å². The highest BCUT2D eigenvalue weighted by Gasteiger charge is 2.75. The van der Waals surface area contributed by atoms with Crippen molar-refractivity contribution in [1.82, 2.24) is 0 Å². The van der Waals surface area contributed by atoms with Gasteiger partial charge in [-0.1, -0.05) is 57.4 Å². The molecular formula is C56H87Cl3F18O5Si. The molecule has 0 amide bonds. The summed E-state index contributed by atoms with van der Waals surface area (Å²) in [4.78, 5) is 12.8. The molecule has 0 radical (unpaired) electrons. The van der Waals surface area contributed by atoms with E-state index in [1.807, 2.05) is 27.7 Å². The first kappa shape index (κ1) is 76.4. The molecule has 0 aromatic carbocycles. The van der Waals surface area contributed by atoms with Gasteiger partial charge in [0, 0.05) is 0 Å². The monoisotopic (exact) mass is 1310 g/mol. The third kappa shape index (κ3) is 14.8. The molecule has 5 nitrogen and oxygen atoms in total. The van der Waals surface area contributed by atoms with Crippen LogP contribution in [0.2, 0.25) is 5.54 Å². The number of hydrogen-bond donors (Lipinski definition) is 2. The third-order valence-corrected chi connectivity index (χ3v) is 25.1. The molecule has 0 spiro atoms. The first-order chi connectivity index (χ1) is 35.7. The Labute approximate surface area is 492 Å². The molecule has 10 aliphatic rings. The molecule has 83 heavy (non-hydrogen) atoms. The first-order valence-electron chi connectivity index (χ1n) is 27.4. The van der Waals surface area contributed by atoms with Gasteiger partial charge in [-0.25, -0.2) is 4.79 Å². The SMILES string of the molecule is C.C.C.C.CC(C)C1CC2CC(CC(O)(C(F)(F)F)C(F)(F)F)C1C2.CC(C)C1CC2CC(CC(OCC(=O)OC3(C)C4CC5CC(C4)CC3C5)(C(F)(F)F)C(F)(F)F)C1C2.OC(CC1CC2CC1C([Si](Cl)(Cl)Cl)C2)(C(F)(F)F)C(F)(F)F. The van der Waals surface area contributed by atoms with Gasteiger partial charge in [-0.2, -0.15) is 79.0 Å². The highest BCUT2D eigenvalue weighted by molar-refractivity contribution is 7.65. The third-order valence-electron chi connectivity index (χ3n) is 21.1. The van der Waals surface area contributed by atoms with Crippen LogP contribution in [0.4, 0.5) is 79.0 Å². The number of rotatable bonds is 13. The Morgan fingerprint density at radius 1 is 0.470 bits per heavy atom. The minimum atomic E-state index is -5.79. The maximum absolute atomic E-state index is 14.2. The minimum absolute atomic E-state index is 0. The van der Waals surface area contributed by atoms with Crippen molar-refractivity contribution in [2.45, 2.75) is 238 Å². The van der Waals surface area contributed by atoms with E-state index in [1.165, 1.54) is 6.42 Å². The molecule has 12 unspecified atom stereocenters. The Balaban J connectivity index is 0.000000336. The van der Waals surface area contributed by atoms with Crippen LogP contribution in [0.25, 0.3) is 0 Å². The van der Waals surface area contributed by atoms with Crippen molar-refractivity contribution in [2.24, 2.45) is 101 Å². The quantitative estimate of drug-likeness (QED) is 0.0832. The Bertz CT molecular complexity index is 2060. The summed E-state index contributed by atoms with van der Waals surface area (Å²) in [5, 5.41) is 18.7. The fourth-order valence-corrected chi connectivity index (χ4v) is 21.2. The second-order valence-corrected chi connectivity index (χ2v) is 35.3. The number of carbonyl (C=O) groups excluding carboxylic acids is 1. The number of ether oxygens (including phenoxy) is 2. The van der Waals surface area contributed by atoms with E-state index in [0.717, 1.165) is 38.5 Å². The average molecular weight is 1320 g/mol. The van der Waals surface area contributed by atoms with E-state index in [2.05, 4.69) is 0 Å². The summed E-state index contributed by atoms with van der Waals surface area (Å²) in [6, 6.07) is -3.21. The summed E-state index contributed by atoms with van der Waals surface area (Å²) in [5.41, 5.74) is -15.0. The molecule has 0 aliphatic heterocycles. The van der Waals surface area contributed by atoms with Crippen molar-refractivity contribution in [3.63, 3.8) is 0 Å². The smallest absolute Gasteiger partial charge is 0.426 e. The van der Waals surface area contributed by atoms with E-state index < -0.39 is 127 Å². The fourth-order valence-electron chi connectivity index (χ4n) is 17.5. The van der Waals surface area contributed by atoms with E-state index in [1.54, 1.807) is 6.92 Å². The lowest BCUT2D eigenvalue weighted by molar-refractivity contribution is -0.385. The van der Waals surface area contributed by atoms with Gasteiger partial charge in [-0.3, -0.25) is 0 Å². The van der Waals surface area contributed by atoms with Crippen LogP contribution in [0.3, 0.4) is 0 Å². The van der Waals surface area contributed by atoms with Crippen LogP contribution in [-0.2, 0) is 14.3 Å². The van der Waals surface area contributed by atoms with Crippen molar-refractivity contribution >= 4 is 45.2 Å². The van der Waals surface area contributed by atoms with E-state index in [-0.39, 0.29) is 101 Å². The molecule has 0 aromatic heterocycles. The summed E-state index contributed by atoms with van der Waals surface area (Å²) < 4.78 is 249. The van der Waals surface area contributed by atoms with Gasteiger partial charge in [0.2, 0.25) is 0 Å². The van der Waals surface area contributed by atoms with Crippen molar-refractivity contribution in [3.8, 4) is 0 Å². The van der Waals surface area contributed by atoms with E-state index in [9.17, 15) is 94.0 Å². The van der Waals surface area contributed by atoms with Crippen LogP contribution < -0.4 is 0 Å². The maximum atomic E-state index is 14.2. The average Bonchev–Trinajstić information content (AvgIpc) is 4.14. The fraction of sp³-hybridized carbons (Fsp3) is 0.982. The van der Waals surface area contributed by atoms with Crippen molar-refractivity contribution in [3.05, 3.63) is 0 Å². The van der Waals surface area contributed by atoms with Gasteiger partial charge >= 0.3 is 49.0 Å². The lowest BCUT2D eigenvalue weighted by Gasteiger charge is -2.59. The summed E-state index contributed by atoms with van der Waals surface area (Å²) in [7, 11) is 0. The Hall–Kier alpha value is -0.823. The molecule has 2 N–H and O–H groups in total. The molecule has 27 heteroatoms. The first-order valence-corrected chi connectivity index (χ1v) is 32.5. The van der Waals surface area contributed by atoms with E-state index >= 15 is 0 Å². The molecule has 10 fully saturated rings. The number of aliphatic hydroxyl groups is 2. The molecule has 10 saturated carbocycles. The van der Waals surface area contributed by atoms with Crippen molar-refractivity contribution < 1.29 is 104 Å². The van der Waals surface area contributed by atoms with Crippen LogP contribution in [0.15, 0.2) is 0 Å². The molecule has 0 heterocycles. The minimum Gasteiger partial charge on any atom is -0.457 e. The molecule has 492 valence electrons. The molecule has 10 rings (SSSR count). The van der Waals surface area contributed by atoms with Gasteiger partial charge in [0.05, 0.1) is 0 Å². The van der Waals surface area contributed by atoms with Gasteiger partial charge in [0.15, 0.2) is 0 Å². The van der Waals surface area contributed by atoms with Crippen LogP contribution >= 0.6 is 33.2 Å². The van der Waals surface area contributed by atoms with Crippen molar-refractivity contribution in [2.75, 3.05) is 6.61 Å². The summed E-state index contributed by atoms with van der Waals surface area (Å²) in [6.45, 7) is 8.29. The Morgan fingerprint density at radius 3 is 1.08 bits per heavy atom. The maximum Gasteiger partial charge on any atom is 0.426 e. The zero-order valence-corrected chi connectivity index (χ0v) is 47.4. The van der Waals surface area contributed by atoms with Gasteiger partial charge in [0.1, 0.15) is 12.2 Å². The zero-order chi connectivity index (χ0) is 59.6. The van der Waals surface area contributed by atoms with Crippen LogP contribution in [0.5, 0.6) is 0 Å². The lowest BCUT2D eigenvalue weighted by atomic mass is 9.50. The van der Waals surface area contributed by atoms with Gasteiger partial charge < -0.3 is 19.7 Å². The predicted molar refractivity (Wildman–Crippen MR) is 284 cm³/mol. The topological polar surface area (TPSA) is 76.0 Å². The van der Waals surface area contributed by atoms with Crippen LogP contribution in [0, 0.1) is 101 Å². The van der Waals surface area contributed by atoms with Gasteiger partial charge in [-0.05, 0) is 222 Å². The van der Waals surface area contributed by atoms with E-state index in [4.69, 9.17) is 42.7 Å². The molecular weight excluding hydrogens is 1230 g/mol. The Kier molecular flexibility index (Phi) is 23.8. The summed E-state index contributed by atoms with van der Waals surface area (Å²) >= 11 is 17.7. The summed E-state index contributed by atoms with van der Waals surface area (Å²) in [6.07, 6.45) is -28.5. The standard InChI is InChI=1S/C27H38F6O3.C14H20F6O.C11H13Cl3F6OSi.4CH4/c1-14(2)21-10-17-5-18(22(21)11-17)12-25(26(28,29)30,27(31,32)33)35-13-23(34)36-24(3)19-6-15-4-16(8-19)9-20(24)7-15;1-7(2)10-4-8-3-9(11(10)5-8)6-12(21,13(15,16)17)14(18,19)20;12-22(13,14)8-3-5-1-6(7(8)2-5)4-9(21,10(15,16)17)11(18,19)20;;;;/h14-22H,4-13H2,1-3H3;7-11,21H,3-6H2,1-2H3;5-8,21H,1-4H2;4*1H4. The largest absolute Gasteiger partial charge is 0.457 e. The molecule has 0 aromatic rings. The molecule has 12 atom stereocenters. The van der Waals surface area contributed by atoms with Crippen LogP contribution in [-0.4, -0.2) is 88.3 Å². The zero-order valence-electron chi connectivity index (χ0n) is 44.2. The highest BCUT2D eigenvalue weighted by atomic mass is 35.8. The Morgan fingerprint density at radius 2 is 0.783 bits per heavy atom. The highest BCUT2D eigenvalue weighted by Crippen LogP contribution is 2.65. The number of alkyl halides is 18. The molecule has 10 bridgehead atoms. The van der Waals surface area contributed by atoms with Gasteiger partial charge in [-0.15, -0.1) is 33.2 Å². The second-order valence-electron chi connectivity index (χ2n) is 26.4. The number of halogens is 21. The predicted octanol–water partition coefficient (Wildman–Crippen LogP) is 19.7. The number of carbonyl (C=O) groups is 1. The van der Waals surface area contributed by atoms with E-state index in [0.29, 0.717) is 50.4 Å². The number of esters is 1. The second kappa shape index (κ2) is 25.8. The normalized spacial score (nSPS) is 35.7. The number of hydrogen-bond acceptors (Lipinski definition) is 5. The van der Waals surface area contributed by atoms with Gasteiger partial charge in [0.25, 0.3) is 16.8 Å². The molecule has 0 saturated heterocycles. The summed E-state index contributed by atoms with van der Waals surface area (Å²) in [5.74, 6) is -1.89. The number of fused-ring (bicyclic) bond motifs is 6. The lowest BCUT2D eigenvalue weighted by Crippen LogP contribution is -2.61. The molecule has 10 aliphatic carbocycles. The van der Waals surface area contributed by atoms with Crippen molar-refractivity contribution in [1.29, 1.82) is 0 Å².